The molecule has 3 atom stereocenters. The zero-order valence-electron chi connectivity index (χ0n) is 20.1. The molecule has 2 saturated heterocycles. The highest BCUT2D eigenvalue weighted by molar-refractivity contribution is 5.79. The van der Waals surface area contributed by atoms with E-state index in [9.17, 15) is 4.79 Å². The summed E-state index contributed by atoms with van der Waals surface area (Å²) >= 11 is 0. The lowest BCUT2D eigenvalue weighted by atomic mass is 10.1. The van der Waals surface area contributed by atoms with Crippen molar-refractivity contribution in [2.24, 2.45) is 0 Å². The number of H-pyrrole nitrogens is 1. The summed E-state index contributed by atoms with van der Waals surface area (Å²) in [7, 11) is 0. The Morgan fingerprint density at radius 2 is 1.97 bits per heavy atom. The minimum atomic E-state index is -0.0532. The maximum atomic E-state index is 13.0. The van der Waals surface area contributed by atoms with Crippen LogP contribution in [0.2, 0.25) is 0 Å². The van der Waals surface area contributed by atoms with Gasteiger partial charge in [-0.1, -0.05) is 18.6 Å². The molecule has 5 rings (SSSR count). The summed E-state index contributed by atoms with van der Waals surface area (Å²) < 4.78 is 13.7. The average molecular weight is 467 g/mol. The van der Waals surface area contributed by atoms with Crippen LogP contribution in [0.4, 0.5) is 0 Å². The lowest BCUT2D eigenvalue weighted by Crippen LogP contribution is -2.38. The van der Waals surface area contributed by atoms with Crippen LogP contribution in [0.25, 0.3) is 10.9 Å². The Kier molecular flexibility index (Phi) is 7.03. The van der Waals surface area contributed by atoms with Gasteiger partial charge in [0.2, 0.25) is 0 Å². The van der Waals surface area contributed by atoms with E-state index in [1.54, 1.807) is 0 Å². The van der Waals surface area contributed by atoms with E-state index in [-0.39, 0.29) is 23.8 Å². The van der Waals surface area contributed by atoms with E-state index in [1.807, 2.05) is 22.9 Å². The molecule has 1 aromatic carbocycles. The van der Waals surface area contributed by atoms with E-state index in [0.717, 1.165) is 74.2 Å². The molecule has 9 heteroatoms. The van der Waals surface area contributed by atoms with Crippen LogP contribution in [-0.4, -0.2) is 62.1 Å². The summed E-state index contributed by atoms with van der Waals surface area (Å²) in [5, 5.41) is 13.8. The zero-order chi connectivity index (χ0) is 23.5. The number of benzene rings is 1. The van der Waals surface area contributed by atoms with E-state index < -0.39 is 0 Å². The second-order valence-electron chi connectivity index (χ2n) is 9.56. The van der Waals surface area contributed by atoms with Crippen LogP contribution in [0.15, 0.2) is 29.1 Å². The maximum absolute atomic E-state index is 13.0. The number of pyridine rings is 1. The van der Waals surface area contributed by atoms with Crippen LogP contribution in [0, 0.1) is 6.92 Å². The minimum Gasteiger partial charge on any atom is -0.377 e. The van der Waals surface area contributed by atoms with Gasteiger partial charge in [0.15, 0.2) is 5.82 Å². The fraction of sp³-hybridized carbons (Fsp3) is 0.600. The van der Waals surface area contributed by atoms with Gasteiger partial charge in [0.05, 0.1) is 24.8 Å². The summed E-state index contributed by atoms with van der Waals surface area (Å²) in [4.78, 5) is 18.4. The second-order valence-corrected chi connectivity index (χ2v) is 9.56. The fourth-order valence-electron chi connectivity index (χ4n) is 5.22. The van der Waals surface area contributed by atoms with Crippen molar-refractivity contribution in [1.82, 2.24) is 30.1 Å². The Morgan fingerprint density at radius 1 is 1.18 bits per heavy atom. The predicted octanol–water partition coefficient (Wildman–Crippen LogP) is 3.13. The van der Waals surface area contributed by atoms with Gasteiger partial charge in [0, 0.05) is 37.4 Å². The third-order valence-corrected chi connectivity index (χ3v) is 7.00. The van der Waals surface area contributed by atoms with Gasteiger partial charge < -0.3 is 14.5 Å². The molecule has 2 fully saturated rings. The molecule has 0 spiro atoms. The smallest absolute Gasteiger partial charge is 0.252 e. The van der Waals surface area contributed by atoms with Crippen LogP contribution in [0.5, 0.6) is 0 Å². The van der Waals surface area contributed by atoms with E-state index in [2.05, 4.69) is 45.3 Å². The molecule has 2 aliphatic heterocycles. The number of aromatic amines is 1. The lowest BCUT2D eigenvalue weighted by molar-refractivity contribution is 0.0470. The Morgan fingerprint density at radius 3 is 2.71 bits per heavy atom. The number of ether oxygens (including phenoxy) is 2. The number of tetrazole rings is 1. The summed E-state index contributed by atoms with van der Waals surface area (Å²) in [5.41, 5.74) is 2.72. The Balaban J connectivity index is 1.46. The molecular weight excluding hydrogens is 432 g/mol. The van der Waals surface area contributed by atoms with Crippen molar-refractivity contribution in [3.63, 3.8) is 0 Å². The topological polar surface area (TPSA) is 98.2 Å². The molecule has 9 nitrogen and oxygen atoms in total. The molecule has 0 unspecified atom stereocenters. The van der Waals surface area contributed by atoms with Crippen molar-refractivity contribution >= 4 is 10.9 Å². The first-order valence-corrected chi connectivity index (χ1v) is 12.5. The normalized spacial score (nSPS) is 21.6. The number of rotatable bonds is 9. The number of aromatic nitrogens is 5. The number of hydrogen-bond donors (Lipinski definition) is 1. The second kappa shape index (κ2) is 10.3. The van der Waals surface area contributed by atoms with Gasteiger partial charge in [-0.15, -0.1) is 5.10 Å². The molecule has 2 aromatic heterocycles. The summed E-state index contributed by atoms with van der Waals surface area (Å²) in [6.07, 6.45) is 5.33. The summed E-state index contributed by atoms with van der Waals surface area (Å²) in [5.74, 6) is 0.823. The Bertz CT molecular complexity index is 1160. The Labute approximate surface area is 199 Å². The van der Waals surface area contributed by atoms with Crippen molar-refractivity contribution in [1.29, 1.82) is 0 Å². The molecule has 0 saturated carbocycles. The molecule has 1 N–H and O–H groups in total. The van der Waals surface area contributed by atoms with Gasteiger partial charge >= 0.3 is 0 Å². The van der Waals surface area contributed by atoms with E-state index >= 15 is 0 Å². The van der Waals surface area contributed by atoms with Gasteiger partial charge in [0.1, 0.15) is 0 Å². The molecule has 0 radical (unpaired) electrons. The van der Waals surface area contributed by atoms with E-state index in [0.29, 0.717) is 13.1 Å². The third kappa shape index (κ3) is 5.06. The fourth-order valence-corrected chi connectivity index (χ4v) is 5.22. The number of fused-ring (bicyclic) bond motifs is 1. The summed E-state index contributed by atoms with van der Waals surface area (Å²) in [6, 6.07) is 8.08. The van der Waals surface area contributed by atoms with Crippen molar-refractivity contribution in [2.45, 2.75) is 77.3 Å². The molecule has 0 amide bonds. The van der Waals surface area contributed by atoms with Gasteiger partial charge in [-0.3, -0.25) is 9.69 Å². The molecule has 3 aromatic rings. The quantitative estimate of drug-likeness (QED) is 0.517. The van der Waals surface area contributed by atoms with Gasteiger partial charge in [-0.25, -0.2) is 4.68 Å². The van der Waals surface area contributed by atoms with Crippen LogP contribution in [-0.2, 0) is 22.6 Å². The molecule has 4 heterocycles. The van der Waals surface area contributed by atoms with Crippen molar-refractivity contribution in [3.8, 4) is 0 Å². The highest BCUT2D eigenvalue weighted by Gasteiger charge is 2.30. The van der Waals surface area contributed by atoms with Crippen molar-refractivity contribution in [3.05, 3.63) is 51.6 Å². The molecule has 182 valence electrons. The van der Waals surface area contributed by atoms with E-state index in [4.69, 9.17) is 9.47 Å². The average Bonchev–Trinajstić information content (AvgIpc) is 3.60. The standard InChI is InChI=1S/C25H34N6O3/c1-3-23(24-27-28-29-31(24)16-21-7-5-11-34-21)30(15-20-6-4-10-33-20)14-19-13-18-12-17(2)8-9-22(18)26-25(19)32/h8-9,12-13,20-21,23H,3-7,10-11,14-16H2,1-2H3,(H,26,32)/t20-,21-,23-/m0/s1. The largest absolute Gasteiger partial charge is 0.377 e. The molecule has 34 heavy (non-hydrogen) atoms. The molecule has 0 bridgehead atoms. The van der Waals surface area contributed by atoms with E-state index in [1.165, 1.54) is 5.56 Å². The maximum Gasteiger partial charge on any atom is 0.252 e. The Hall–Kier alpha value is -2.62. The summed E-state index contributed by atoms with van der Waals surface area (Å²) in [6.45, 7) is 7.70. The van der Waals surface area contributed by atoms with Crippen LogP contribution in [0.1, 0.15) is 62.0 Å². The van der Waals surface area contributed by atoms with Crippen LogP contribution >= 0.6 is 0 Å². The molecule has 0 aliphatic carbocycles. The third-order valence-electron chi connectivity index (χ3n) is 7.00. The first-order chi connectivity index (χ1) is 16.6. The van der Waals surface area contributed by atoms with Crippen LogP contribution in [0.3, 0.4) is 0 Å². The minimum absolute atomic E-state index is 0.0341. The first kappa shape index (κ1) is 23.1. The number of nitrogens with zero attached hydrogens (tertiary/aromatic N) is 5. The number of hydrogen-bond acceptors (Lipinski definition) is 7. The highest BCUT2D eigenvalue weighted by Crippen LogP contribution is 2.27. The van der Waals surface area contributed by atoms with Gasteiger partial charge in [-0.05, 0) is 73.0 Å². The number of aryl methyl sites for hydroxylation is 1. The van der Waals surface area contributed by atoms with Crippen LogP contribution < -0.4 is 5.56 Å². The molecular formula is C25H34N6O3. The van der Waals surface area contributed by atoms with Gasteiger partial charge in [-0.2, -0.15) is 0 Å². The SMILES string of the molecule is CC[C@@H](c1nnnn1C[C@@H]1CCCO1)N(Cc1cc2cc(C)ccc2[nH]c1=O)C[C@@H]1CCCO1. The highest BCUT2D eigenvalue weighted by atomic mass is 16.5. The van der Waals surface area contributed by atoms with Gasteiger partial charge in [0.25, 0.3) is 5.56 Å². The van der Waals surface area contributed by atoms with Crippen molar-refractivity contribution in [2.75, 3.05) is 19.8 Å². The zero-order valence-corrected chi connectivity index (χ0v) is 20.1. The molecule has 2 aliphatic rings. The lowest BCUT2D eigenvalue weighted by Gasteiger charge is -2.32. The monoisotopic (exact) mass is 466 g/mol. The number of nitrogens with one attached hydrogen (secondary N) is 1. The predicted molar refractivity (Wildman–Crippen MR) is 129 cm³/mol. The first-order valence-electron chi connectivity index (χ1n) is 12.5. The van der Waals surface area contributed by atoms with Crippen molar-refractivity contribution < 1.29 is 9.47 Å².